The van der Waals surface area contributed by atoms with Gasteiger partial charge < -0.3 is 20.1 Å². The van der Waals surface area contributed by atoms with E-state index in [-0.39, 0.29) is 12.1 Å². The summed E-state index contributed by atoms with van der Waals surface area (Å²) >= 11 is 12.0. The number of aliphatic hydroxyl groups is 1. The molecule has 7 nitrogen and oxygen atoms in total. The van der Waals surface area contributed by atoms with Gasteiger partial charge in [-0.2, -0.15) is 0 Å². The van der Waals surface area contributed by atoms with Crippen LogP contribution in [0, 0.1) is 0 Å². The summed E-state index contributed by atoms with van der Waals surface area (Å²) in [5.41, 5.74) is 0.982. The van der Waals surface area contributed by atoms with E-state index in [9.17, 15) is 9.90 Å². The van der Waals surface area contributed by atoms with Crippen molar-refractivity contribution in [3.05, 3.63) is 64.1 Å². The summed E-state index contributed by atoms with van der Waals surface area (Å²) in [4.78, 5) is 19.5. The Balaban J connectivity index is 1.06. The van der Waals surface area contributed by atoms with E-state index in [1.54, 1.807) is 18.2 Å². The molecule has 0 bridgehead atoms. The van der Waals surface area contributed by atoms with Gasteiger partial charge in [-0.3, -0.25) is 9.80 Å². The molecule has 37 heavy (non-hydrogen) atoms. The predicted molar refractivity (Wildman–Crippen MR) is 147 cm³/mol. The van der Waals surface area contributed by atoms with Gasteiger partial charge in [-0.05, 0) is 49.4 Å². The molecule has 9 heteroatoms. The number of rotatable bonds is 5. The highest BCUT2D eigenvalue weighted by Crippen LogP contribution is 2.38. The summed E-state index contributed by atoms with van der Waals surface area (Å²) in [6.07, 6.45) is 3.78. The molecule has 1 saturated carbocycles. The highest BCUT2D eigenvalue weighted by Gasteiger charge is 2.38. The first-order valence-corrected chi connectivity index (χ1v) is 14.0. The number of hydrogen-bond acceptors (Lipinski definition) is 5. The molecule has 2 aliphatic heterocycles. The van der Waals surface area contributed by atoms with E-state index in [1.165, 1.54) is 0 Å². The fourth-order valence-corrected chi connectivity index (χ4v) is 6.16. The fraction of sp³-hybridized carbons (Fsp3) is 0.536. The topological polar surface area (TPSA) is 68.3 Å². The Labute approximate surface area is 229 Å². The molecule has 2 aromatic carbocycles. The number of ether oxygens (including phenoxy) is 1. The minimum absolute atomic E-state index is 0.120. The number of piperazine rings is 1. The molecule has 1 atom stereocenters. The maximum atomic E-state index is 12.7. The number of halogens is 2. The molecule has 2 saturated heterocycles. The maximum absolute atomic E-state index is 12.7. The van der Waals surface area contributed by atoms with Crippen LogP contribution in [0.2, 0.25) is 10.0 Å². The van der Waals surface area contributed by atoms with Crippen molar-refractivity contribution in [1.29, 1.82) is 0 Å². The van der Waals surface area contributed by atoms with Crippen LogP contribution in [-0.2, 0) is 10.3 Å². The van der Waals surface area contributed by atoms with E-state index < -0.39 is 5.60 Å². The number of nitrogens with zero attached hydrogens (tertiary/aromatic N) is 3. The first kappa shape index (κ1) is 26.7. The van der Waals surface area contributed by atoms with Crippen molar-refractivity contribution >= 4 is 34.9 Å². The van der Waals surface area contributed by atoms with E-state index in [4.69, 9.17) is 27.9 Å². The lowest BCUT2D eigenvalue weighted by atomic mass is 9.77. The summed E-state index contributed by atoms with van der Waals surface area (Å²) < 4.78 is 6.14. The quantitative estimate of drug-likeness (QED) is 0.570. The second-order valence-electron chi connectivity index (χ2n) is 10.5. The van der Waals surface area contributed by atoms with E-state index in [0.717, 1.165) is 70.6 Å². The van der Waals surface area contributed by atoms with Crippen LogP contribution in [0.25, 0.3) is 0 Å². The van der Waals surface area contributed by atoms with Crippen molar-refractivity contribution in [2.45, 2.75) is 43.4 Å². The Kier molecular flexibility index (Phi) is 8.59. The molecule has 0 spiro atoms. The third-order valence-corrected chi connectivity index (χ3v) is 8.81. The predicted octanol–water partition coefficient (Wildman–Crippen LogP) is 4.67. The number of benzene rings is 2. The highest BCUT2D eigenvalue weighted by atomic mass is 35.5. The van der Waals surface area contributed by atoms with Gasteiger partial charge in [0.25, 0.3) is 0 Å². The highest BCUT2D eigenvalue weighted by molar-refractivity contribution is 6.42. The lowest BCUT2D eigenvalue weighted by Crippen LogP contribution is -2.55. The smallest absolute Gasteiger partial charge is 0.321 e. The first-order chi connectivity index (χ1) is 17.9. The molecular weight excluding hydrogens is 511 g/mol. The van der Waals surface area contributed by atoms with Gasteiger partial charge in [-0.25, -0.2) is 4.79 Å². The van der Waals surface area contributed by atoms with Crippen molar-refractivity contribution in [2.75, 3.05) is 57.7 Å². The van der Waals surface area contributed by atoms with Crippen molar-refractivity contribution in [3.63, 3.8) is 0 Å². The van der Waals surface area contributed by atoms with Gasteiger partial charge in [0.05, 0.1) is 28.4 Å². The Bertz CT molecular complexity index is 1060. The lowest BCUT2D eigenvalue weighted by Gasteiger charge is -2.45. The van der Waals surface area contributed by atoms with Crippen LogP contribution in [0.15, 0.2) is 48.5 Å². The van der Waals surface area contributed by atoms with E-state index >= 15 is 0 Å². The normalized spacial score (nSPS) is 27.7. The van der Waals surface area contributed by atoms with Crippen LogP contribution < -0.4 is 5.32 Å². The number of anilines is 1. The number of carbonyl (C=O) groups excluding carboxylic acids is 1. The Morgan fingerprint density at radius 2 is 1.73 bits per heavy atom. The van der Waals surface area contributed by atoms with E-state index in [1.807, 2.05) is 35.2 Å². The average Bonchev–Trinajstić information content (AvgIpc) is 2.92. The van der Waals surface area contributed by atoms with Crippen LogP contribution in [0.4, 0.5) is 10.5 Å². The molecule has 1 aliphatic carbocycles. The summed E-state index contributed by atoms with van der Waals surface area (Å²) in [6, 6.07) is 15.6. The van der Waals surface area contributed by atoms with E-state index in [2.05, 4.69) is 15.1 Å². The molecule has 0 radical (unpaired) electrons. The molecule has 2 heterocycles. The Morgan fingerprint density at radius 3 is 2.43 bits per heavy atom. The molecule has 3 aliphatic rings. The van der Waals surface area contributed by atoms with Crippen molar-refractivity contribution < 1.29 is 14.6 Å². The molecule has 2 N–H and O–H groups in total. The zero-order chi connectivity index (χ0) is 25.8. The molecular formula is C28H36Cl2N4O3. The Hall–Kier alpha value is -1.87. The number of hydrogen-bond donors (Lipinski definition) is 2. The third kappa shape index (κ3) is 6.59. The second-order valence-corrected chi connectivity index (χ2v) is 11.3. The minimum Gasteiger partial charge on any atom is -0.385 e. The number of morpholine rings is 1. The van der Waals surface area contributed by atoms with Crippen LogP contribution in [0.3, 0.4) is 0 Å². The monoisotopic (exact) mass is 546 g/mol. The van der Waals surface area contributed by atoms with Gasteiger partial charge in [-0.1, -0.05) is 53.5 Å². The minimum atomic E-state index is -0.699. The van der Waals surface area contributed by atoms with Crippen molar-refractivity contribution in [3.8, 4) is 0 Å². The summed E-state index contributed by atoms with van der Waals surface area (Å²) in [7, 11) is 0. The third-order valence-electron chi connectivity index (χ3n) is 8.07. The molecule has 2 amide bonds. The van der Waals surface area contributed by atoms with Crippen molar-refractivity contribution in [2.24, 2.45) is 0 Å². The average molecular weight is 548 g/mol. The number of carbonyl (C=O) groups is 1. The number of urea groups is 1. The Morgan fingerprint density at radius 1 is 1.00 bits per heavy atom. The zero-order valence-corrected chi connectivity index (χ0v) is 22.6. The molecule has 200 valence electrons. The lowest BCUT2D eigenvalue weighted by molar-refractivity contribution is -0.0794. The molecule has 3 fully saturated rings. The first-order valence-electron chi connectivity index (χ1n) is 13.3. The molecule has 0 unspecified atom stereocenters. The van der Waals surface area contributed by atoms with Gasteiger partial charge in [0, 0.05) is 57.5 Å². The summed E-state index contributed by atoms with van der Waals surface area (Å²) in [5.74, 6) is 0. The standard InChI is InChI=1S/C28H36Cl2N4O3/c29-25-7-6-22(18-26(25)30)31-27(35)33-14-12-32(13-15-33)19-24-20-34(16-17-37-24)23-8-10-28(36,11-9-23)21-4-2-1-3-5-21/h1-7,18,23-24,36H,8-17,19-20H2,(H,31,35)/t23-,24-,28-/m0/s1. The maximum Gasteiger partial charge on any atom is 0.321 e. The fourth-order valence-electron chi connectivity index (χ4n) is 5.86. The van der Waals surface area contributed by atoms with Gasteiger partial charge >= 0.3 is 6.03 Å². The van der Waals surface area contributed by atoms with Crippen LogP contribution in [0.5, 0.6) is 0 Å². The SMILES string of the molecule is O=C(Nc1ccc(Cl)c(Cl)c1)N1CCN(C[C@H]2CN([C@H]3CC[C@@](O)(c4ccccc4)CC3)CCO2)CC1. The van der Waals surface area contributed by atoms with Crippen LogP contribution in [-0.4, -0.2) is 90.4 Å². The summed E-state index contributed by atoms with van der Waals surface area (Å²) in [6.45, 7) is 6.48. The largest absolute Gasteiger partial charge is 0.385 e. The number of amides is 2. The van der Waals surface area contributed by atoms with Gasteiger partial charge in [0.15, 0.2) is 0 Å². The van der Waals surface area contributed by atoms with Gasteiger partial charge in [0.2, 0.25) is 0 Å². The van der Waals surface area contributed by atoms with Crippen LogP contribution in [0.1, 0.15) is 31.2 Å². The second kappa shape index (κ2) is 11.9. The van der Waals surface area contributed by atoms with Gasteiger partial charge in [0.1, 0.15) is 0 Å². The van der Waals surface area contributed by atoms with E-state index in [0.29, 0.717) is 34.9 Å². The molecule has 5 rings (SSSR count). The van der Waals surface area contributed by atoms with Crippen LogP contribution >= 0.6 is 23.2 Å². The zero-order valence-electron chi connectivity index (χ0n) is 21.1. The van der Waals surface area contributed by atoms with Crippen molar-refractivity contribution in [1.82, 2.24) is 14.7 Å². The number of nitrogens with one attached hydrogen (secondary N) is 1. The molecule has 0 aromatic heterocycles. The van der Waals surface area contributed by atoms with Gasteiger partial charge in [-0.15, -0.1) is 0 Å². The summed E-state index contributed by atoms with van der Waals surface area (Å²) in [5, 5.41) is 15.0. The molecule has 2 aromatic rings.